The van der Waals surface area contributed by atoms with Gasteiger partial charge in [0.1, 0.15) is 11.5 Å². The van der Waals surface area contributed by atoms with Gasteiger partial charge in [-0.25, -0.2) is 4.57 Å². The number of nitrogens with one attached hydrogen (secondary N) is 1. The van der Waals surface area contributed by atoms with Gasteiger partial charge in [-0.2, -0.15) is 0 Å². The second kappa shape index (κ2) is 9.46. The molecule has 0 amide bonds. The zero-order valence-electron chi connectivity index (χ0n) is 15.2. The number of pyridine rings is 1. The van der Waals surface area contributed by atoms with E-state index in [0.717, 1.165) is 5.69 Å². The zero-order valence-corrected chi connectivity index (χ0v) is 16.1. The molecule has 1 aromatic carbocycles. The van der Waals surface area contributed by atoms with Crippen molar-refractivity contribution in [1.82, 2.24) is 4.98 Å². The molecule has 2 rings (SSSR count). The van der Waals surface area contributed by atoms with Crippen LogP contribution in [0.1, 0.15) is 27.2 Å². The quantitative estimate of drug-likeness (QED) is 0.580. The van der Waals surface area contributed by atoms with Crippen LogP contribution in [0.2, 0.25) is 0 Å². The molecule has 7 nitrogen and oxygen atoms in total. The number of phenolic OH excluding ortho intramolecular Hbond substituents is 1. The van der Waals surface area contributed by atoms with Gasteiger partial charge in [0, 0.05) is 18.5 Å². The molecule has 0 saturated carbocycles. The predicted octanol–water partition coefficient (Wildman–Crippen LogP) is 4.64. The molecule has 0 aliphatic rings. The van der Waals surface area contributed by atoms with E-state index in [1.807, 2.05) is 19.9 Å². The van der Waals surface area contributed by atoms with Crippen LogP contribution in [-0.4, -0.2) is 29.1 Å². The predicted molar refractivity (Wildman–Crippen MR) is 101 cm³/mol. The van der Waals surface area contributed by atoms with Gasteiger partial charge in [0.15, 0.2) is 11.5 Å². The third-order valence-corrected chi connectivity index (χ3v) is 5.88. The number of rotatable bonds is 10. The summed E-state index contributed by atoms with van der Waals surface area (Å²) >= 11 is 0. The van der Waals surface area contributed by atoms with E-state index in [1.165, 1.54) is 18.2 Å². The summed E-state index contributed by atoms with van der Waals surface area (Å²) in [6, 6.07) is 8.09. The maximum absolute atomic E-state index is 13.4. The van der Waals surface area contributed by atoms with E-state index in [9.17, 15) is 9.67 Å². The third kappa shape index (κ3) is 5.13. The molecule has 2 atom stereocenters. The Labute approximate surface area is 153 Å². The highest BCUT2D eigenvalue weighted by Gasteiger charge is 2.36. The maximum Gasteiger partial charge on any atom is 0.401 e. The van der Waals surface area contributed by atoms with Gasteiger partial charge in [0.25, 0.3) is 0 Å². The maximum atomic E-state index is 13.4. The Bertz CT molecular complexity index is 742. The summed E-state index contributed by atoms with van der Waals surface area (Å²) in [4.78, 5) is 4.05. The Hall–Kier alpha value is -2.24. The highest BCUT2D eigenvalue weighted by atomic mass is 31.2. The fourth-order valence-electron chi connectivity index (χ4n) is 2.37. The molecule has 8 heteroatoms. The average Bonchev–Trinajstić information content (AvgIpc) is 2.63. The molecule has 0 fully saturated rings. The first-order chi connectivity index (χ1) is 12.5. The lowest BCUT2D eigenvalue weighted by molar-refractivity contribution is 0.270. The molecule has 0 aliphatic carbocycles. The van der Waals surface area contributed by atoms with E-state index in [-0.39, 0.29) is 18.1 Å². The van der Waals surface area contributed by atoms with Crippen molar-refractivity contribution in [3.63, 3.8) is 0 Å². The third-order valence-electron chi connectivity index (χ3n) is 3.54. The highest BCUT2D eigenvalue weighted by Crippen LogP contribution is 2.54. The second-order valence-electron chi connectivity index (χ2n) is 5.42. The molecule has 2 N–H and O–H groups in total. The van der Waals surface area contributed by atoms with Gasteiger partial charge < -0.3 is 19.7 Å². The summed E-state index contributed by atoms with van der Waals surface area (Å²) in [7, 11) is -3.55. The molecule has 0 saturated heterocycles. The number of aromatic nitrogens is 1. The molecule has 0 radical (unpaired) electrons. The molecule has 0 aliphatic heterocycles. The van der Waals surface area contributed by atoms with E-state index in [4.69, 9.17) is 13.8 Å². The van der Waals surface area contributed by atoms with Crippen LogP contribution in [-0.2, 0) is 9.09 Å². The summed E-state index contributed by atoms with van der Waals surface area (Å²) in [6.45, 7) is 6.09. The lowest BCUT2D eigenvalue weighted by Gasteiger charge is -2.27. The lowest BCUT2D eigenvalue weighted by Crippen LogP contribution is -2.23. The molecule has 2 unspecified atom stereocenters. The fourth-order valence-corrected chi connectivity index (χ4v) is 4.26. The molecular formula is C18H25N2O5P. The van der Waals surface area contributed by atoms with Crippen LogP contribution in [0.3, 0.4) is 0 Å². The van der Waals surface area contributed by atoms with E-state index in [1.54, 1.807) is 25.4 Å². The molecular weight excluding hydrogens is 355 g/mol. The number of hydrogen-bond donors (Lipinski definition) is 2. The van der Waals surface area contributed by atoms with Gasteiger partial charge in [-0.3, -0.25) is 9.51 Å². The van der Waals surface area contributed by atoms with E-state index >= 15 is 0 Å². The largest absolute Gasteiger partial charge is 0.504 e. The van der Waals surface area contributed by atoms with Crippen molar-refractivity contribution in [3.05, 3.63) is 42.7 Å². The number of aromatic hydroxyl groups is 1. The highest BCUT2D eigenvalue weighted by molar-refractivity contribution is 7.55. The van der Waals surface area contributed by atoms with Crippen molar-refractivity contribution in [2.24, 2.45) is 0 Å². The summed E-state index contributed by atoms with van der Waals surface area (Å²) in [5, 5.41) is 13.0. The minimum atomic E-state index is -3.55. The molecule has 0 bridgehead atoms. The van der Waals surface area contributed by atoms with Crippen molar-refractivity contribution in [2.45, 2.75) is 33.0 Å². The van der Waals surface area contributed by atoms with Crippen LogP contribution in [0, 0.1) is 0 Å². The van der Waals surface area contributed by atoms with Crippen LogP contribution >= 0.6 is 7.60 Å². The molecule has 1 heterocycles. The average molecular weight is 380 g/mol. The molecule has 26 heavy (non-hydrogen) atoms. The van der Waals surface area contributed by atoms with E-state index in [2.05, 4.69) is 10.3 Å². The monoisotopic (exact) mass is 380 g/mol. The number of phenols is 1. The van der Waals surface area contributed by atoms with Crippen LogP contribution in [0.15, 0.2) is 42.7 Å². The topological polar surface area (TPSA) is 89.9 Å². The van der Waals surface area contributed by atoms with Gasteiger partial charge in [-0.1, -0.05) is 6.92 Å². The first kappa shape index (κ1) is 20.1. The van der Waals surface area contributed by atoms with Crippen molar-refractivity contribution < 1.29 is 23.5 Å². The number of hydrogen-bond acceptors (Lipinski definition) is 7. The standard InChI is InChI=1S/C18H25N2O5P/c1-4-18(20-14-8-7-11-19-13-14)26(22,24-6-3)25-15-9-10-16(21)17(12-15)23-5-2/h7-13,18,20-21H,4-6H2,1-3H3. The Kier molecular flexibility index (Phi) is 7.30. The second-order valence-corrected chi connectivity index (χ2v) is 7.57. The van der Waals surface area contributed by atoms with Gasteiger partial charge in [0.05, 0.1) is 18.9 Å². The Morgan fingerprint density at radius 3 is 2.65 bits per heavy atom. The van der Waals surface area contributed by atoms with Crippen LogP contribution in [0.4, 0.5) is 5.69 Å². The molecule has 2 aromatic rings. The van der Waals surface area contributed by atoms with Gasteiger partial charge in [-0.15, -0.1) is 0 Å². The van der Waals surface area contributed by atoms with Crippen molar-refractivity contribution in [3.8, 4) is 17.2 Å². The first-order valence-electron chi connectivity index (χ1n) is 8.58. The van der Waals surface area contributed by atoms with Crippen LogP contribution < -0.4 is 14.6 Å². The van der Waals surface area contributed by atoms with Gasteiger partial charge in [0.2, 0.25) is 0 Å². The minimum Gasteiger partial charge on any atom is -0.504 e. The van der Waals surface area contributed by atoms with Gasteiger partial charge >= 0.3 is 7.60 Å². The SMILES string of the molecule is CCOc1cc(OP(=O)(OCC)C(CC)Nc2cccnc2)ccc1O. The Morgan fingerprint density at radius 1 is 1.23 bits per heavy atom. The van der Waals surface area contributed by atoms with Crippen molar-refractivity contribution in [2.75, 3.05) is 18.5 Å². The summed E-state index contributed by atoms with van der Waals surface area (Å²) in [5.41, 5.74) is 0.726. The van der Waals surface area contributed by atoms with Crippen LogP contribution in [0.25, 0.3) is 0 Å². The molecule has 142 valence electrons. The van der Waals surface area contributed by atoms with Crippen molar-refractivity contribution in [1.29, 1.82) is 0 Å². The summed E-state index contributed by atoms with van der Waals surface area (Å²) in [6.07, 6.45) is 3.83. The molecule has 1 aromatic heterocycles. The van der Waals surface area contributed by atoms with E-state index < -0.39 is 13.4 Å². The summed E-state index contributed by atoms with van der Waals surface area (Å²) < 4.78 is 30.1. The zero-order chi connectivity index (χ0) is 19.0. The number of nitrogens with zero attached hydrogens (tertiary/aromatic N) is 1. The number of ether oxygens (including phenoxy) is 1. The smallest absolute Gasteiger partial charge is 0.401 e. The number of anilines is 1. The minimum absolute atomic E-state index is 0.00836. The molecule has 0 spiro atoms. The normalized spacial score (nSPS) is 14.3. The van der Waals surface area contributed by atoms with Crippen molar-refractivity contribution >= 4 is 13.3 Å². The number of benzene rings is 1. The van der Waals surface area contributed by atoms with Crippen LogP contribution in [0.5, 0.6) is 17.2 Å². The van der Waals surface area contributed by atoms with E-state index in [0.29, 0.717) is 18.8 Å². The fraction of sp³-hybridized carbons (Fsp3) is 0.389. The first-order valence-corrected chi connectivity index (χ1v) is 10.2. The lowest BCUT2D eigenvalue weighted by atomic mass is 10.3. The Balaban J connectivity index is 2.27. The Morgan fingerprint density at radius 2 is 2.04 bits per heavy atom. The summed E-state index contributed by atoms with van der Waals surface area (Å²) in [5.74, 6) is -0.00208. The van der Waals surface area contributed by atoms with Gasteiger partial charge in [-0.05, 0) is 44.5 Å².